The summed E-state index contributed by atoms with van der Waals surface area (Å²) in [5.74, 6) is 0.172. The molecule has 0 spiro atoms. The van der Waals surface area contributed by atoms with Crippen molar-refractivity contribution in [2.75, 3.05) is 29.9 Å². The second kappa shape index (κ2) is 5.16. The van der Waals surface area contributed by atoms with Gasteiger partial charge in [0.2, 0.25) is 0 Å². The molecule has 3 rings (SSSR count). The third-order valence-electron chi connectivity index (χ3n) is 4.29. The lowest BCUT2D eigenvalue weighted by molar-refractivity contribution is 0.318. The molecule has 20 heavy (non-hydrogen) atoms. The maximum atomic E-state index is 12.1. The van der Waals surface area contributed by atoms with Gasteiger partial charge < -0.3 is 11.1 Å². The highest BCUT2D eigenvalue weighted by Gasteiger charge is 2.38. The van der Waals surface area contributed by atoms with Crippen LogP contribution in [0, 0.1) is 0 Å². The summed E-state index contributed by atoms with van der Waals surface area (Å²) in [6, 6.07) is 0.832. The van der Waals surface area contributed by atoms with Gasteiger partial charge in [0.1, 0.15) is 9.90 Å². The average Bonchev–Trinajstić information content (AvgIpc) is 3.07. The lowest BCUT2D eigenvalue weighted by atomic mass is 10.1. The fourth-order valence-electron chi connectivity index (χ4n) is 3.25. The molecule has 0 amide bonds. The minimum absolute atomic E-state index is 0.0461. The Bertz CT molecular complexity index is 599. The number of rotatable bonds is 4. The Morgan fingerprint density at radius 2 is 2.25 bits per heavy atom. The molecular formula is C12H20N4O2S2. The molecule has 0 radical (unpaired) electrons. The largest absolute Gasteiger partial charge is 0.382 e. The van der Waals surface area contributed by atoms with E-state index in [2.05, 4.69) is 14.6 Å². The highest BCUT2D eigenvalue weighted by Crippen LogP contribution is 2.36. The van der Waals surface area contributed by atoms with Gasteiger partial charge in [-0.2, -0.15) is 4.37 Å². The molecule has 0 aromatic carbocycles. The van der Waals surface area contributed by atoms with Crippen LogP contribution in [0.5, 0.6) is 0 Å². The van der Waals surface area contributed by atoms with E-state index in [1.54, 1.807) is 6.92 Å². The van der Waals surface area contributed by atoms with Gasteiger partial charge in [-0.3, -0.25) is 4.90 Å². The fourth-order valence-corrected chi connectivity index (χ4v) is 5.47. The zero-order chi connectivity index (χ0) is 14.3. The average molecular weight is 316 g/mol. The smallest absolute Gasteiger partial charge is 0.184 e. The van der Waals surface area contributed by atoms with Crippen molar-refractivity contribution in [2.24, 2.45) is 0 Å². The number of hydrogen-bond acceptors (Lipinski definition) is 7. The minimum atomic E-state index is -3.33. The Balaban J connectivity index is 1.85. The van der Waals surface area contributed by atoms with E-state index in [1.807, 2.05) is 0 Å². The van der Waals surface area contributed by atoms with E-state index in [9.17, 15) is 8.42 Å². The van der Waals surface area contributed by atoms with Crippen LogP contribution >= 0.6 is 11.5 Å². The van der Waals surface area contributed by atoms with Crippen LogP contribution < -0.4 is 11.1 Å². The number of fused-ring (bicyclic) bond motifs is 1. The first-order valence-electron chi connectivity index (χ1n) is 7.01. The predicted octanol–water partition coefficient (Wildman–Crippen LogP) is 1.17. The van der Waals surface area contributed by atoms with Crippen molar-refractivity contribution in [2.45, 2.75) is 43.2 Å². The third-order valence-corrected chi connectivity index (χ3v) is 7.00. The van der Waals surface area contributed by atoms with Crippen LogP contribution in [0.3, 0.4) is 0 Å². The Morgan fingerprint density at radius 1 is 1.45 bits per heavy atom. The van der Waals surface area contributed by atoms with Gasteiger partial charge >= 0.3 is 0 Å². The van der Waals surface area contributed by atoms with E-state index in [-0.39, 0.29) is 16.5 Å². The maximum absolute atomic E-state index is 12.1. The van der Waals surface area contributed by atoms with E-state index in [0.717, 1.165) is 31.0 Å². The molecule has 2 aliphatic heterocycles. The normalized spacial score (nSPS) is 26.9. The minimum Gasteiger partial charge on any atom is -0.382 e. The van der Waals surface area contributed by atoms with Gasteiger partial charge in [0.15, 0.2) is 15.7 Å². The van der Waals surface area contributed by atoms with Gasteiger partial charge in [0.05, 0.1) is 5.75 Å². The number of hydrogen-bond donors (Lipinski definition) is 2. The molecule has 0 bridgehead atoms. The van der Waals surface area contributed by atoms with Crippen molar-refractivity contribution >= 4 is 32.2 Å². The molecule has 0 saturated carbocycles. The first-order chi connectivity index (χ1) is 9.53. The van der Waals surface area contributed by atoms with Crippen LogP contribution in [0.2, 0.25) is 0 Å². The Morgan fingerprint density at radius 3 is 3.00 bits per heavy atom. The van der Waals surface area contributed by atoms with E-state index < -0.39 is 9.84 Å². The highest BCUT2D eigenvalue weighted by molar-refractivity contribution is 7.91. The molecule has 2 unspecified atom stereocenters. The van der Waals surface area contributed by atoms with E-state index in [4.69, 9.17) is 5.73 Å². The maximum Gasteiger partial charge on any atom is 0.184 e. The molecule has 3 N–H and O–H groups in total. The summed E-state index contributed by atoms with van der Waals surface area (Å²) >= 11 is 1.16. The monoisotopic (exact) mass is 316 g/mol. The number of anilines is 2. The number of sulfone groups is 1. The van der Waals surface area contributed by atoms with Crippen molar-refractivity contribution in [3.63, 3.8) is 0 Å². The molecule has 2 saturated heterocycles. The van der Waals surface area contributed by atoms with E-state index in [1.165, 1.54) is 12.8 Å². The topological polar surface area (TPSA) is 88.3 Å². The van der Waals surface area contributed by atoms with Gasteiger partial charge in [0, 0.05) is 18.6 Å². The second-order valence-electron chi connectivity index (χ2n) is 5.41. The fraction of sp³-hybridized carbons (Fsp3) is 0.750. The van der Waals surface area contributed by atoms with E-state index in [0.29, 0.717) is 17.1 Å². The number of nitrogens with zero attached hydrogens (tertiary/aromatic N) is 2. The number of nitrogen functional groups attached to an aromatic ring is 1. The summed E-state index contributed by atoms with van der Waals surface area (Å²) in [4.78, 5) is 2.68. The van der Waals surface area contributed by atoms with Crippen LogP contribution in [-0.2, 0) is 9.84 Å². The molecule has 8 heteroatoms. The SMILES string of the molecule is CCS(=O)(=O)c1c(N)nsc1NC1CCN2CCCC12. The summed E-state index contributed by atoms with van der Waals surface area (Å²) in [6.45, 7) is 3.88. The lowest BCUT2D eigenvalue weighted by Gasteiger charge is -2.21. The van der Waals surface area contributed by atoms with Crippen molar-refractivity contribution in [1.82, 2.24) is 9.27 Å². The molecule has 1 aromatic rings. The third kappa shape index (κ3) is 2.29. The van der Waals surface area contributed by atoms with Crippen molar-refractivity contribution in [3.8, 4) is 0 Å². The van der Waals surface area contributed by atoms with Crippen LogP contribution in [0.4, 0.5) is 10.8 Å². The van der Waals surface area contributed by atoms with Crippen LogP contribution in [0.15, 0.2) is 4.90 Å². The van der Waals surface area contributed by atoms with E-state index >= 15 is 0 Å². The van der Waals surface area contributed by atoms with Gasteiger partial charge in [0.25, 0.3) is 0 Å². The molecular weight excluding hydrogens is 296 g/mol. The first kappa shape index (κ1) is 14.1. The standard InChI is InChI=1S/C12H20N4O2S2/c1-2-20(17,18)10-11(13)15-19-12(10)14-8-5-7-16-6-3-4-9(8)16/h8-9,14H,2-7H2,1H3,(H2,13,15). The Kier molecular flexibility index (Phi) is 3.64. The summed E-state index contributed by atoms with van der Waals surface area (Å²) < 4.78 is 28.3. The van der Waals surface area contributed by atoms with Crippen LogP contribution in [-0.4, -0.2) is 48.6 Å². The summed E-state index contributed by atoms with van der Waals surface area (Å²) in [5.41, 5.74) is 5.75. The molecule has 0 aliphatic carbocycles. The number of nitrogens with one attached hydrogen (secondary N) is 1. The van der Waals surface area contributed by atoms with Gasteiger partial charge in [-0.05, 0) is 37.3 Å². The Labute approximate surface area is 123 Å². The summed E-state index contributed by atoms with van der Waals surface area (Å²) in [6.07, 6.45) is 3.46. The molecule has 1 aromatic heterocycles. The Hall–Kier alpha value is -0.860. The van der Waals surface area contributed by atoms with Crippen LogP contribution in [0.1, 0.15) is 26.2 Å². The molecule has 112 valence electrons. The number of nitrogens with two attached hydrogens (primary N) is 1. The van der Waals surface area contributed by atoms with Crippen molar-refractivity contribution in [3.05, 3.63) is 0 Å². The van der Waals surface area contributed by atoms with Gasteiger partial charge in [-0.1, -0.05) is 6.92 Å². The quantitative estimate of drug-likeness (QED) is 0.867. The highest BCUT2D eigenvalue weighted by atomic mass is 32.2. The summed E-state index contributed by atoms with van der Waals surface area (Å²) in [5, 5.41) is 4.01. The lowest BCUT2D eigenvalue weighted by Crippen LogP contribution is -2.33. The molecule has 2 aliphatic rings. The van der Waals surface area contributed by atoms with Gasteiger partial charge in [-0.15, -0.1) is 0 Å². The van der Waals surface area contributed by atoms with Crippen LogP contribution in [0.25, 0.3) is 0 Å². The van der Waals surface area contributed by atoms with Crippen molar-refractivity contribution in [1.29, 1.82) is 0 Å². The zero-order valence-electron chi connectivity index (χ0n) is 11.5. The second-order valence-corrected chi connectivity index (χ2v) is 8.40. The molecule has 3 heterocycles. The molecule has 2 atom stereocenters. The zero-order valence-corrected chi connectivity index (χ0v) is 13.1. The van der Waals surface area contributed by atoms with Gasteiger partial charge in [-0.25, -0.2) is 8.42 Å². The van der Waals surface area contributed by atoms with Crippen molar-refractivity contribution < 1.29 is 8.42 Å². The number of aromatic nitrogens is 1. The predicted molar refractivity (Wildman–Crippen MR) is 80.9 cm³/mol. The molecule has 6 nitrogen and oxygen atoms in total. The summed E-state index contributed by atoms with van der Waals surface area (Å²) in [7, 11) is -3.33. The first-order valence-corrected chi connectivity index (χ1v) is 9.44. The molecule has 2 fully saturated rings.